The molecule has 0 saturated carbocycles. The molecule has 1 aliphatic carbocycles. The minimum Gasteiger partial charge on any atom is -0.339 e. The highest BCUT2D eigenvalue weighted by Gasteiger charge is 2.16. The van der Waals surface area contributed by atoms with Crippen LogP contribution >= 0.6 is 11.8 Å². The first-order valence-corrected chi connectivity index (χ1v) is 8.04. The zero-order valence-electron chi connectivity index (χ0n) is 11.2. The Morgan fingerprint density at radius 1 is 1.21 bits per heavy atom. The predicted molar refractivity (Wildman–Crippen MR) is 78.6 cm³/mol. The number of carbonyl (C=O) groups excluding carboxylic acids is 1. The summed E-state index contributed by atoms with van der Waals surface area (Å²) in [6, 6.07) is 6.68. The number of hydrogen-bond acceptors (Lipinski definition) is 3. The molecule has 0 atom stereocenters. The van der Waals surface area contributed by atoms with E-state index in [1.807, 2.05) is 4.90 Å². The van der Waals surface area contributed by atoms with Gasteiger partial charge in [-0.2, -0.15) is 0 Å². The molecule has 0 unspecified atom stereocenters. The molecule has 1 fully saturated rings. The number of fused-ring (bicyclic) bond motifs is 1. The van der Waals surface area contributed by atoms with Gasteiger partial charge >= 0.3 is 0 Å². The van der Waals surface area contributed by atoms with Gasteiger partial charge in [0.1, 0.15) is 0 Å². The molecule has 1 amide bonds. The van der Waals surface area contributed by atoms with Crippen molar-refractivity contribution in [2.24, 2.45) is 0 Å². The molecule has 4 heteroatoms. The quantitative estimate of drug-likeness (QED) is 0.853. The second-order valence-electron chi connectivity index (χ2n) is 5.20. The van der Waals surface area contributed by atoms with Gasteiger partial charge in [0.15, 0.2) is 0 Å². The smallest absolute Gasteiger partial charge is 0.233 e. The summed E-state index contributed by atoms with van der Waals surface area (Å²) < 4.78 is 0. The van der Waals surface area contributed by atoms with Gasteiger partial charge in [0.25, 0.3) is 0 Å². The number of nitrogens with one attached hydrogen (secondary N) is 1. The molecule has 0 radical (unpaired) electrons. The first kappa shape index (κ1) is 13.0. The lowest BCUT2D eigenvalue weighted by Crippen LogP contribution is -2.47. The van der Waals surface area contributed by atoms with Crippen molar-refractivity contribution >= 4 is 17.7 Å². The monoisotopic (exact) mass is 276 g/mol. The van der Waals surface area contributed by atoms with E-state index in [-0.39, 0.29) is 5.91 Å². The topological polar surface area (TPSA) is 32.3 Å². The van der Waals surface area contributed by atoms with E-state index in [2.05, 4.69) is 23.5 Å². The van der Waals surface area contributed by atoms with Crippen molar-refractivity contribution < 1.29 is 4.79 Å². The molecule has 1 N–H and O–H groups in total. The molecule has 3 nitrogen and oxygen atoms in total. The van der Waals surface area contributed by atoms with Gasteiger partial charge in [-0.15, -0.1) is 11.8 Å². The minimum atomic E-state index is 0.270. The van der Waals surface area contributed by atoms with Gasteiger partial charge in [-0.3, -0.25) is 4.79 Å². The molecule has 0 aromatic heterocycles. The lowest BCUT2D eigenvalue weighted by atomic mass is 10.1. The maximum atomic E-state index is 12.1. The fraction of sp³-hybridized carbons (Fsp3) is 0.533. The van der Waals surface area contributed by atoms with Crippen LogP contribution < -0.4 is 5.32 Å². The fourth-order valence-corrected chi connectivity index (χ4v) is 3.65. The summed E-state index contributed by atoms with van der Waals surface area (Å²) in [7, 11) is 0. The number of thioether (sulfide) groups is 1. The normalized spacial score (nSPS) is 18.4. The summed E-state index contributed by atoms with van der Waals surface area (Å²) in [6.07, 6.45) is 3.71. The summed E-state index contributed by atoms with van der Waals surface area (Å²) in [5.74, 6) is 0.839. The van der Waals surface area contributed by atoms with Crippen molar-refractivity contribution in [3.63, 3.8) is 0 Å². The van der Waals surface area contributed by atoms with Crippen molar-refractivity contribution in [1.29, 1.82) is 0 Å². The third-order valence-electron chi connectivity index (χ3n) is 3.90. The average molecular weight is 276 g/mol. The third-order valence-corrected chi connectivity index (χ3v) is 4.88. The van der Waals surface area contributed by atoms with Gasteiger partial charge in [0.2, 0.25) is 5.91 Å². The second kappa shape index (κ2) is 5.97. The van der Waals surface area contributed by atoms with Gasteiger partial charge in [-0.05, 0) is 42.5 Å². The Kier molecular flexibility index (Phi) is 4.09. The molecule has 0 bridgehead atoms. The highest BCUT2D eigenvalue weighted by molar-refractivity contribution is 8.00. The van der Waals surface area contributed by atoms with E-state index >= 15 is 0 Å². The summed E-state index contributed by atoms with van der Waals surface area (Å²) >= 11 is 1.68. The van der Waals surface area contributed by atoms with Crippen LogP contribution in [0.4, 0.5) is 0 Å². The van der Waals surface area contributed by atoms with E-state index < -0.39 is 0 Å². The molecule has 1 saturated heterocycles. The van der Waals surface area contributed by atoms with Crippen LogP contribution in [0.1, 0.15) is 17.5 Å². The highest BCUT2D eigenvalue weighted by Crippen LogP contribution is 2.27. The van der Waals surface area contributed by atoms with Crippen molar-refractivity contribution in [2.75, 3.05) is 31.9 Å². The van der Waals surface area contributed by atoms with Crippen LogP contribution in [-0.4, -0.2) is 42.7 Å². The van der Waals surface area contributed by atoms with E-state index in [0.29, 0.717) is 5.75 Å². The molecule has 0 spiro atoms. The second-order valence-corrected chi connectivity index (χ2v) is 6.25. The zero-order chi connectivity index (χ0) is 13.1. The first-order chi connectivity index (χ1) is 9.33. The number of aryl methyl sites for hydroxylation is 2. The SMILES string of the molecule is O=C(CSc1ccc2c(c1)CCC2)N1CCNCC1. The highest BCUT2D eigenvalue weighted by atomic mass is 32.2. The number of amides is 1. The Balaban J connectivity index is 1.55. The number of benzene rings is 1. The van der Waals surface area contributed by atoms with Crippen molar-refractivity contribution in [3.8, 4) is 0 Å². The van der Waals surface area contributed by atoms with Crippen LogP contribution in [-0.2, 0) is 17.6 Å². The zero-order valence-corrected chi connectivity index (χ0v) is 12.0. The number of piperazine rings is 1. The van der Waals surface area contributed by atoms with Crippen LogP contribution in [0.15, 0.2) is 23.1 Å². The maximum Gasteiger partial charge on any atom is 0.233 e. The Labute approximate surface area is 118 Å². The molecule has 102 valence electrons. The van der Waals surface area contributed by atoms with Gasteiger partial charge < -0.3 is 10.2 Å². The Morgan fingerprint density at radius 2 is 2.00 bits per heavy atom. The molecule has 19 heavy (non-hydrogen) atoms. The number of nitrogens with zero attached hydrogens (tertiary/aromatic N) is 1. The average Bonchev–Trinajstić information content (AvgIpc) is 2.93. The van der Waals surface area contributed by atoms with Gasteiger partial charge in [-0.1, -0.05) is 6.07 Å². The Bertz CT molecular complexity index is 469. The van der Waals surface area contributed by atoms with Crippen molar-refractivity contribution in [2.45, 2.75) is 24.2 Å². The molecule has 1 aromatic carbocycles. The number of hydrogen-bond donors (Lipinski definition) is 1. The molecule has 1 aromatic rings. The van der Waals surface area contributed by atoms with Crippen LogP contribution in [0.3, 0.4) is 0 Å². The standard InChI is InChI=1S/C15H20N2OS/c18-15(17-8-6-16-7-9-17)11-19-14-5-4-12-2-1-3-13(12)10-14/h4-5,10,16H,1-3,6-9,11H2. The van der Waals surface area contributed by atoms with Crippen molar-refractivity contribution in [1.82, 2.24) is 10.2 Å². The van der Waals surface area contributed by atoms with E-state index in [1.54, 1.807) is 11.8 Å². The van der Waals surface area contributed by atoms with Crippen LogP contribution in [0.5, 0.6) is 0 Å². The number of carbonyl (C=O) groups is 1. The lowest BCUT2D eigenvalue weighted by Gasteiger charge is -2.27. The summed E-state index contributed by atoms with van der Waals surface area (Å²) in [5, 5.41) is 3.27. The van der Waals surface area contributed by atoms with E-state index in [1.165, 1.54) is 35.3 Å². The molecule has 3 rings (SSSR count). The summed E-state index contributed by atoms with van der Waals surface area (Å²) in [5.41, 5.74) is 2.98. The van der Waals surface area contributed by atoms with Crippen molar-refractivity contribution in [3.05, 3.63) is 29.3 Å². The van der Waals surface area contributed by atoms with Crippen LogP contribution in [0.25, 0.3) is 0 Å². The third kappa shape index (κ3) is 3.12. The summed E-state index contributed by atoms with van der Waals surface area (Å²) in [4.78, 5) is 15.3. The molecular weight excluding hydrogens is 256 g/mol. The van der Waals surface area contributed by atoms with Gasteiger partial charge in [0.05, 0.1) is 5.75 Å². The largest absolute Gasteiger partial charge is 0.339 e. The molecule has 2 aliphatic rings. The van der Waals surface area contributed by atoms with E-state index in [4.69, 9.17) is 0 Å². The Morgan fingerprint density at radius 3 is 2.84 bits per heavy atom. The van der Waals surface area contributed by atoms with Crippen LogP contribution in [0, 0.1) is 0 Å². The minimum absolute atomic E-state index is 0.270. The predicted octanol–water partition coefficient (Wildman–Crippen LogP) is 1.70. The summed E-state index contributed by atoms with van der Waals surface area (Å²) in [6.45, 7) is 3.55. The lowest BCUT2D eigenvalue weighted by molar-refractivity contribution is -0.128. The van der Waals surface area contributed by atoms with Gasteiger partial charge in [0, 0.05) is 31.1 Å². The maximum absolute atomic E-state index is 12.1. The number of rotatable bonds is 3. The first-order valence-electron chi connectivity index (χ1n) is 7.06. The van der Waals surface area contributed by atoms with Crippen LogP contribution in [0.2, 0.25) is 0 Å². The van der Waals surface area contributed by atoms with E-state index in [9.17, 15) is 4.79 Å². The molecule has 1 aliphatic heterocycles. The fourth-order valence-electron chi connectivity index (χ4n) is 2.79. The van der Waals surface area contributed by atoms with E-state index in [0.717, 1.165) is 26.2 Å². The van der Waals surface area contributed by atoms with Gasteiger partial charge in [-0.25, -0.2) is 0 Å². The molecular formula is C15H20N2OS. The Hall–Kier alpha value is -1.00. The molecule has 1 heterocycles.